The highest BCUT2D eigenvalue weighted by atomic mass is 16.5. The number of carbonyl (C=O) groups is 1. The fourth-order valence-electron chi connectivity index (χ4n) is 8.86. The predicted molar refractivity (Wildman–Crippen MR) is 200 cm³/mol. The van der Waals surface area contributed by atoms with Crippen LogP contribution in [0.15, 0.2) is 47.6 Å². The maximum Gasteiger partial charge on any atom is 0.306 e. The Labute approximate surface area is 286 Å². The zero-order valence-electron chi connectivity index (χ0n) is 31.4. The van der Waals surface area contributed by atoms with Gasteiger partial charge in [0, 0.05) is 12.8 Å². The molecule has 0 aromatic heterocycles. The summed E-state index contributed by atoms with van der Waals surface area (Å²) in [5.41, 5.74) is 4.60. The van der Waals surface area contributed by atoms with Gasteiger partial charge < -0.3 is 4.74 Å². The minimum atomic E-state index is 0.00397. The molecule has 0 N–H and O–H groups in total. The Bertz CT molecular complexity index is 997. The minimum absolute atomic E-state index is 0.00397. The lowest BCUT2D eigenvalue weighted by Crippen LogP contribution is -2.35. The molecule has 3 rings (SSSR count). The zero-order valence-corrected chi connectivity index (χ0v) is 31.4. The standard InChI is InChI=1S/C44H74O2/c1-8-9-10-11-12-13-14-15-16-17-18-19-20-23-43(45)46-40-29-26-36(5)39(33-40)28-27-38-22-21-32-44(7)41(30-31-42(38)44)37(6)25-24-35(4)34(2)3/h24-25,27-28,34-35,37,40-42H,5,8-23,26,29-33H2,1-4,6-7H3/t35-,37+,40-,41+,42?,44+/m0/s1. The summed E-state index contributed by atoms with van der Waals surface area (Å²) in [7, 11) is 0. The summed E-state index contributed by atoms with van der Waals surface area (Å²) in [5, 5.41) is 0. The molecule has 0 bridgehead atoms. The second-order valence-corrected chi connectivity index (χ2v) is 16.3. The number of unbranched alkanes of at least 4 members (excludes halogenated alkanes) is 12. The van der Waals surface area contributed by atoms with Crippen molar-refractivity contribution in [1.29, 1.82) is 0 Å². The molecule has 0 radical (unpaired) electrons. The number of rotatable bonds is 20. The Morgan fingerprint density at radius 2 is 1.48 bits per heavy atom. The topological polar surface area (TPSA) is 26.3 Å². The van der Waals surface area contributed by atoms with Crippen molar-refractivity contribution in [3.8, 4) is 0 Å². The van der Waals surface area contributed by atoms with Gasteiger partial charge >= 0.3 is 5.97 Å². The van der Waals surface area contributed by atoms with Crippen LogP contribution in [0.1, 0.15) is 183 Å². The fraction of sp³-hybridized carbons (Fsp3) is 0.795. The van der Waals surface area contributed by atoms with E-state index >= 15 is 0 Å². The highest BCUT2D eigenvalue weighted by Crippen LogP contribution is 2.59. The fourth-order valence-corrected chi connectivity index (χ4v) is 8.86. The molecule has 2 heteroatoms. The third-order valence-electron chi connectivity index (χ3n) is 12.4. The summed E-state index contributed by atoms with van der Waals surface area (Å²) in [4.78, 5) is 12.7. The molecule has 0 aromatic carbocycles. The molecule has 3 saturated carbocycles. The lowest BCUT2D eigenvalue weighted by molar-refractivity contribution is -0.149. The Hall–Kier alpha value is -1.57. The first-order chi connectivity index (χ1) is 22.2. The van der Waals surface area contributed by atoms with Crippen molar-refractivity contribution in [2.24, 2.45) is 35.0 Å². The van der Waals surface area contributed by atoms with Crippen LogP contribution in [0.5, 0.6) is 0 Å². The summed E-state index contributed by atoms with van der Waals surface area (Å²) < 4.78 is 6.00. The average Bonchev–Trinajstić information content (AvgIpc) is 3.39. The maximum atomic E-state index is 12.7. The van der Waals surface area contributed by atoms with E-state index in [-0.39, 0.29) is 12.1 Å². The van der Waals surface area contributed by atoms with Gasteiger partial charge in [0.1, 0.15) is 6.10 Å². The number of carbonyl (C=O) groups excluding carboxylic acids is 1. The zero-order chi connectivity index (χ0) is 33.4. The smallest absolute Gasteiger partial charge is 0.306 e. The molecule has 0 amide bonds. The minimum Gasteiger partial charge on any atom is -0.462 e. The molecule has 262 valence electrons. The first-order valence-electron chi connectivity index (χ1n) is 20.1. The second kappa shape index (κ2) is 20.7. The van der Waals surface area contributed by atoms with Crippen molar-refractivity contribution in [2.75, 3.05) is 0 Å². The van der Waals surface area contributed by atoms with Crippen LogP contribution >= 0.6 is 0 Å². The third kappa shape index (κ3) is 12.5. The van der Waals surface area contributed by atoms with E-state index in [0.717, 1.165) is 38.0 Å². The van der Waals surface area contributed by atoms with E-state index in [1.165, 1.54) is 114 Å². The number of hydrogen-bond acceptors (Lipinski definition) is 2. The van der Waals surface area contributed by atoms with Crippen LogP contribution in [0, 0.1) is 35.0 Å². The molecule has 0 spiro atoms. The summed E-state index contributed by atoms with van der Waals surface area (Å²) in [6, 6.07) is 0. The van der Waals surface area contributed by atoms with Crippen molar-refractivity contribution >= 4 is 5.97 Å². The Balaban J connectivity index is 1.39. The van der Waals surface area contributed by atoms with Gasteiger partial charge in [0.05, 0.1) is 0 Å². The summed E-state index contributed by atoms with van der Waals surface area (Å²) in [6.07, 6.45) is 36.9. The first kappa shape index (κ1) is 38.9. The largest absolute Gasteiger partial charge is 0.462 e. The van der Waals surface area contributed by atoms with Gasteiger partial charge in [0.25, 0.3) is 0 Å². The Morgan fingerprint density at radius 1 is 0.848 bits per heavy atom. The molecule has 0 heterocycles. The van der Waals surface area contributed by atoms with Crippen LogP contribution in [-0.2, 0) is 9.53 Å². The number of ether oxygens (including phenoxy) is 1. The number of fused-ring (bicyclic) bond motifs is 1. The van der Waals surface area contributed by atoms with Crippen molar-refractivity contribution in [2.45, 2.75) is 189 Å². The number of allylic oxidation sites excluding steroid dienone is 6. The molecule has 0 aromatic rings. The van der Waals surface area contributed by atoms with Gasteiger partial charge in [-0.15, -0.1) is 0 Å². The van der Waals surface area contributed by atoms with Gasteiger partial charge in [0.15, 0.2) is 0 Å². The van der Waals surface area contributed by atoms with Crippen LogP contribution in [0.3, 0.4) is 0 Å². The van der Waals surface area contributed by atoms with Gasteiger partial charge in [-0.1, -0.05) is 161 Å². The van der Waals surface area contributed by atoms with Crippen molar-refractivity contribution < 1.29 is 9.53 Å². The van der Waals surface area contributed by atoms with Gasteiger partial charge in [0.2, 0.25) is 0 Å². The molecule has 3 aliphatic rings. The van der Waals surface area contributed by atoms with Crippen LogP contribution < -0.4 is 0 Å². The third-order valence-corrected chi connectivity index (χ3v) is 12.4. The highest BCUT2D eigenvalue weighted by molar-refractivity contribution is 5.69. The van der Waals surface area contributed by atoms with Gasteiger partial charge in [-0.2, -0.15) is 0 Å². The first-order valence-corrected chi connectivity index (χ1v) is 20.1. The van der Waals surface area contributed by atoms with E-state index in [4.69, 9.17) is 4.74 Å². The van der Waals surface area contributed by atoms with E-state index in [1.807, 2.05) is 0 Å². The van der Waals surface area contributed by atoms with E-state index in [1.54, 1.807) is 5.57 Å². The Kier molecular flexibility index (Phi) is 17.5. The molecular formula is C44H74O2. The molecule has 0 aliphatic heterocycles. The lowest BCUT2D eigenvalue weighted by Gasteiger charge is -2.44. The SMILES string of the molecule is C=C1CC[C@H](OC(=O)CCCCCCCCCCCCCCC)CC1=CC=C1CCC[C@@]2(C)C1CC[C@@H]2[C@H](C)C=C[C@H](C)C(C)C. The average molecular weight is 635 g/mol. The molecule has 0 saturated heterocycles. The summed E-state index contributed by atoms with van der Waals surface area (Å²) in [5.74, 6) is 3.47. The van der Waals surface area contributed by atoms with Crippen LogP contribution in [0.4, 0.5) is 0 Å². The van der Waals surface area contributed by atoms with E-state index < -0.39 is 0 Å². The van der Waals surface area contributed by atoms with Gasteiger partial charge in [-0.3, -0.25) is 4.79 Å². The molecule has 3 aliphatic carbocycles. The van der Waals surface area contributed by atoms with Crippen LogP contribution in [-0.4, -0.2) is 12.1 Å². The quantitative estimate of drug-likeness (QED) is 0.0756. The monoisotopic (exact) mass is 635 g/mol. The van der Waals surface area contributed by atoms with E-state index in [9.17, 15) is 4.79 Å². The lowest BCUT2D eigenvalue weighted by atomic mass is 9.61. The van der Waals surface area contributed by atoms with E-state index in [2.05, 4.69) is 72.4 Å². The van der Waals surface area contributed by atoms with Crippen LogP contribution in [0.25, 0.3) is 0 Å². The summed E-state index contributed by atoms with van der Waals surface area (Å²) in [6.45, 7) is 18.8. The Morgan fingerprint density at radius 3 is 2.11 bits per heavy atom. The number of esters is 1. The molecule has 1 unspecified atom stereocenters. The van der Waals surface area contributed by atoms with Crippen molar-refractivity contribution in [1.82, 2.24) is 0 Å². The molecular weight excluding hydrogens is 560 g/mol. The normalized spacial score (nSPS) is 28.3. The van der Waals surface area contributed by atoms with Gasteiger partial charge in [-0.25, -0.2) is 0 Å². The molecule has 6 atom stereocenters. The maximum absolute atomic E-state index is 12.7. The van der Waals surface area contributed by atoms with Gasteiger partial charge in [-0.05, 0) is 91.9 Å². The predicted octanol–water partition coefficient (Wildman–Crippen LogP) is 13.7. The number of hydrogen-bond donors (Lipinski definition) is 0. The van der Waals surface area contributed by atoms with Crippen molar-refractivity contribution in [3.63, 3.8) is 0 Å². The molecule has 3 fully saturated rings. The van der Waals surface area contributed by atoms with Crippen LogP contribution in [0.2, 0.25) is 0 Å². The molecule has 46 heavy (non-hydrogen) atoms. The highest BCUT2D eigenvalue weighted by Gasteiger charge is 2.50. The van der Waals surface area contributed by atoms with Crippen molar-refractivity contribution in [3.05, 3.63) is 47.6 Å². The second-order valence-electron chi connectivity index (χ2n) is 16.3. The van der Waals surface area contributed by atoms with E-state index in [0.29, 0.717) is 35.5 Å². The summed E-state index contributed by atoms with van der Waals surface area (Å²) >= 11 is 0. The molecule has 2 nitrogen and oxygen atoms in total.